The van der Waals surface area contributed by atoms with E-state index in [2.05, 4.69) is 63.8 Å². The van der Waals surface area contributed by atoms with Gasteiger partial charge in [-0.1, -0.05) is 59.7 Å². The van der Waals surface area contributed by atoms with E-state index in [1.54, 1.807) is 0 Å². The lowest BCUT2D eigenvalue weighted by atomic mass is 9.83. The predicted octanol–water partition coefficient (Wildman–Crippen LogP) is 8.50. The molecule has 8 rings (SSSR count). The summed E-state index contributed by atoms with van der Waals surface area (Å²) in [5, 5.41) is 63.9. The van der Waals surface area contributed by atoms with Crippen molar-refractivity contribution in [1.29, 1.82) is 0 Å². The van der Waals surface area contributed by atoms with E-state index in [9.17, 15) is 58.5 Å². The van der Waals surface area contributed by atoms with Crippen molar-refractivity contribution in [1.82, 2.24) is 31.9 Å². The molecule has 5 aromatic rings. The van der Waals surface area contributed by atoms with Crippen LogP contribution in [0.3, 0.4) is 0 Å². The average Bonchev–Trinajstić information content (AvgIpc) is 1.58. The summed E-state index contributed by atoms with van der Waals surface area (Å²) in [5.41, 5.74) is 10.4. The fourth-order valence-electron chi connectivity index (χ4n) is 11.3. The van der Waals surface area contributed by atoms with Gasteiger partial charge in [-0.3, -0.25) is 14.4 Å². The van der Waals surface area contributed by atoms with Crippen LogP contribution in [0.5, 0.6) is 0 Å². The second-order valence-electron chi connectivity index (χ2n) is 20.1. The number of hydrogen-bond donors (Lipinski definition) is 15. The maximum Gasteiger partial charge on any atom is 0.319 e. The summed E-state index contributed by atoms with van der Waals surface area (Å²) in [6, 6.07) is 9.24. The van der Waals surface area contributed by atoms with Crippen molar-refractivity contribution in [3.63, 3.8) is 0 Å². The molecule has 84 heavy (non-hydrogen) atoms. The third-order valence-electron chi connectivity index (χ3n) is 14.9. The Balaban J connectivity index is 1.47. The number of carboxylic acid groups (broad SMARTS) is 3. The summed E-state index contributed by atoms with van der Waals surface area (Å²) in [5.74, 6) is -3.37. The minimum atomic E-state index is -1.12. The van der Waals surface area contributed by atoms with Crippen LogP contribution >= 0.6 is 0 Å². The molecule has 3 aliphatic rings. The Kier molecular flexibility index (Phi) is 20.7. The minimum absolute atomic E-state index is 0.0686. The maximum absolute atomic E-state index is 14.2. The van der Waals surface area contributed by atoms with Crippen LogP contribution in [0.4, 0.5) is 62.9 Å². The first-order chi connectivity index (χ1) is 40.3. The zero-order valence-electron chi connectivity index (χ0n) is 47.8. The molecule has 15 N–H and O–H groups in total. The fraction of sp³-hybridized carbons (Fsp3) is 0.350. The Labute approximate surface area is 485 Å². The van der Waals surface area contributed by atoms with E-state index in [1.165, 1.54) is 54.6 Å². The van der Waals surface area contributed by atoms with Gasteiger partial charge >= 0.3 is 54.1 Å². The van der Waals surface area contributed by atoms with Crippen molar-refractivity contribution in [2.45, 2.75) is 139 Å². The van der Waals surface area contributed by atoms with Gasteiger partial charge in [0, 0.05) is 39.3 Å². The molecule has 0 saturated carbocycles. The van der Waals surface area contributed by atoms with Crippen LogP contribution in [-0.2, 0) is 111 Å². The first-order valence-electron chi connectivity index (χ1n) is 27.9. The lowest BCUT2D eigenvalue weighted by Crippen LogP contribution is -2.35. The molecule has 0 unspecified atom stereocenters. The molecule has 0 fully saturated rings. The van der Waals surface area contributed by atoms with Gasteiger partial charge in [0.15, 0.2) is 0 Å². The second kappa shape index (κ2) is 28.2. The van der Waals surface area contributed by atoms with Crippen LogP contribution in [0.25, 0.3) is 0 Å². The van der Waals surface area contributed by atoms with E-state index in [0.29, 0.717) is 88.6 Å². The highest BCUT2D eigenvalue weighted by Crippen LogP contribution is 2.35. The molecular formula is C60H72N12O12. The van der Waals surface area contributed by atoms with Crippen molar-refractivity contribution in [3.8, 4) is 0 Å². The Morgan fingerprint density at radius 1 is 0.310 bits per heavy atom. The third kappa shape index (κ3) is 15.2. The molecule has 0 radical (unpaired) electrons. The molecule has 12 amide bonds. The standard InChI is InChI=1S/C60H72N12O12/c1-7-34-40-25-61-55(79)67-46-16-13-31(22-52(73)74)19-49(46)70-58(82)64-28-43-37(10-4)44-29-65-59(83)71-50-20-32(23-53(75)76)14-17-47(50)68-56(80)62-26-41(34)36(9-3)42(35(40)8-2)27-63-57(81)69-48-18-15-33(24-54(77)78)21-51(48)72-60(84)66-30-45(38(43)11-5)39(44)12-6/h13-21H,7-12,22-30H2,1-6H3,(H,73,74)(H,75,76)(H,77,78)(H2,61,67,79)(H2,62,68,80)(H2,63,69,81)(H2,64,70,82)(H2,65,71,83)(H2,66,72,84). The summed E-state index contributed by atoms with van der Waals surface area (Å²) >= 11 is 0. The quantitative estimate of drug-likeness (QED) is 0.0559. The van der Waals surface area contributed by atoms with Gasteiger partial charge < -0.3 is 79.1 Å². The number of amides is 12. The van der Waals surface area contributed by atoms with Crippen LogP contribution in [0.2, 0.25) is 0 Å². The maximum atomic E-state index is 14.2. The van der Waals surface area contributed by atoms with Crippen LogP contribution in [0, 0.1) is 0 Å². The highest BCUT2D eigenvalue weighted by atomic mass is 16.4. The number of aliphatic carboxylic acids is 3. The monoisotopic (exact) mass is 1150 g/mol. The molecule has 0 atom stereocenters. The van der Waals surface area contributed by atoms with E-state index < -0.39 is 73.4 Å². The zero-order valence-corrected chi connectivity index (χ0v) is 47.8. The van der Waals surface area contributed by atoms with Gasteiger partial charge in [-0.25, -0.2) is 28.8 Å². The van der Waals surface area contributed by atoms with Crippen molar-refractivity contribution in [2.75, 3.05) is 31.9 Å². The molecule has 0 aliphatic carbocycles. The highest BCUT2D eigenvalue weighted by Gasteiger charge is 2.27. The Morgan fingerprint density at radius 2 is 0.488 bits per heavy atom. The lowest BCUT2D eigenvalue weighted by molar-refractivity contribution is -0.137. The van der Waals surface area contributed by atoms with Crippen LogP contribution < -0.4 is 63.8 Å². The largest absolute Gasteiger partial charge is 0.481 e. The fourth-order valence-corrected chi connectivity index (χ4v) is 11.3. The number of fused-ring (bicyclic) bond motifs is 18. The second-order valence-corrected chi connectivity index (χ2v) is 20.1. The molecule has 0 saturated heterocycles. The number of benzene rings is 5. The Bertz CT molecular complexity index is 3040. The number of carboxylic acids is 3. The van der Waals surface area contributed by atoms with E-state index >= 15 is 0 Å². The summed E-state index contributed by atoms with van der Waals surface area (Å²) in [6.07, 6.45) is 1.26. The summed E-state index contributed by atoms with van der Waals surface area (Å²) in [6.45, 7) is 11.0. The van der Waals surface area contributed by atoms with E-state index in [0.717, 1.165) is 33.4 Å². The normalized spacial score (nSPS) is 14.4. The molecule has 24 nitrogen and oxygen atoms in total. The first kappa shape index (κ1) is 61.7. The third-order valence-corrected chi connectivity index (χ3v) is 14.9. The predicted molar refractivity (Wildman–Crippen MR) is 318 cm³/mol. The number of carbonyl (C=O) groups is 9. The molecule has 6 bridgehead atoms. The number of anilines is 6. The van der Waals surface area contributed by atoms with Crippen LogP contribution in [0.1, 0.15) is 125 Å². The van der Waals surface area contributed by atoms with E-state index in [-0.39, 0.29) is 73.4 Å². The van der Waals surface area contributed by atoms with Gasteiger partial charge in [-0.2, -0.15) is 0 Å². The smallest absolute Gasteiger partial charge is 0.319 e. The SMILES string of the molecule is CCc1c2c(CC)c3c(CC)c1CNC(=O)Nc1ccc(CC(=O)O)cc1NC(=O)NCc1c(CC)c(c(CC)c(c1CC)CNC(=O)Nc1cc(CC(=O)O)ccc1NC(=O)NC3)CNC(=O)Nc1cc(CC(=O)O)ccc1NC(=O)NC2. The molecular weight excluding hydrogens is 1080 g/mol. The Hall–Kier alpha value is -9.87. The van der Waals surface area contributed by atoms with Crippen molar-refractivity contribution in [2.24, 2.45) is 0 Å². The lowest BCUT2D eigenvalue weighted by Gasteiger charge is -2.27. The zero-order chi connectivity index (χ0) is 60.8. The minimum Gasteiger partial charge on any atom is -0.481 e. The van der Waals surface area contributed by atoms with Gasteiger partial charge in [0.25, 0.3) is 0 Å². The first-order valence-corrected chi connectivity index (χ1v) is 27.9. The van der Waals surface area contributed by atoms with E-state index in [1.807, 2.05) is 41.5 Å². The number of urea groups is 6. The molecule has 0 spiro atoms. The average molecular weight is 1150 g/mol. The van der Waals surface area contributed by atoms with Crippen LogP contribution in [-0.4, -0.2) is 69.4 Å². The van der Waals surface area contributed by atoms with Gasteiger partial charge in [-0.05, 0) is 158 Å². The number of rotatable bonds is 12. The van der Waals surface area contributed by atoms with E-state index in [4.69, 9.17) is 0 Å². The summed E-state index contributed by atoms with van der Waals surface area (Å²) in [4.78, 5) is 121. The summed E-state index contributed by atoms with van der Waals surface area (Å²) in [7, 11) is 0. The van der Waals surface area contributed by atoms with Gasteiger partial charge in [0.2, 0.25) is 0 Å². The number of nitrogens with one attached hydrogen (secondary N) is 12. The topological polar surface area (TPSA) is 359 Å². The molecule has 0 aromatic heterocycles. The Morgan fingerprint density at radius 3 is 0.655 bits per heavy atom. The summed E-state index contributed by atoms with van der Waals surface area (Å²) < 4.78 is 0. The molecule has 3 aliphatic heterocycles. The molecule has 5 aromatic carbocycles. The van der Waals surface area contributed by atoms with Crippen molar-refractivity contribution >= 4 is 88.2 Å². The van der Waals surface area contributed by atoms with Crippen molar-refractivity contribution in [3.05, 3.63) is 138 Å². The van der Waals surface area contributed by atoms with Crippen LogP contribution in [0.15, 0.2) is 54.6 Å². The van der Waals surface area contributed by atoms with Gasteiger partial charge in [-0.15, -0.1) is 0 Å². The molecule has 3 heterocycles. The van der Waals surface area contributed by atoms with Crippen molar-refractivity contribution < 1.29 is 58.5 Å². The number of hydrogen-bond acceptors (Lipinski definition) is 9. The molecule has 444 valence electrons. The number of carbonyl (C=O) groups excluding carboxylic acids is 6. The molecule has 24 heteroatoms. The van der Waals surface area contributed by atoms with Gasteiger partial charge in [0.05, 0.1) is 53.4 Å². The van der Waals surface area contributed by atoms with Gasteiger partial charge in [0.1, 0.15) is 0 Å². The highest BCUT2D eigenvalue weighted by molar-refractivity contribution is 6.01.